The van der Waals surface area contributed by atoms with Gasteiger partial charge in [0.1, 0.15) is 0 Å². The highest BCUT2D eigenvalue weighted by molar-refractivity contribution is 9.11. The summed E-state index contributed by atoms with van der Waals surface area (Å²) in [5.74, 6) is 0.674. The van der Waals surface area contributed by atoms with Gasteiger partial charge in [0, 0.05) is 11.3 Å². The molecule has 1 radical (unpaired) electrons. The molecule has 0 saturated heterocycles. The van der Waals surface area contributed by atoms with Crippen LogP contribution in [0.3, 0.4) is 0 Å². The highest BCUT2D eigenvalue weighted by atomic mass is 79.9. The quantitative estimate of drug-likeness (QED) is 0.683. The van der Waals surface area contributed by atoms with Gasteiger partial charge in [-0.3, -0.25) is 0 Å². The van der Waals surface area contributed by atoms with E-state index in [4.69, 9.17) is 0 Å². The minimum Gasteiger partial charge on any atom is -0.234 e. The van der Waals surface area contributed by atoms with Crippen LogP contribution in [0.15, 0.2) is 9.30 Å². The van der Waals surface area contributed by atoms with E-state index in [9.17, 15) is 0 Å². The highest BCUT2D eigenvalue weighted by Crippen LogP contribution is 2.39. The summed E-state index contributed by atoms with van der Waals surface area (Å²) in [4.78, 5) is 4.28. The van der Waals surface area contributed by atoms with Crippen LogP contribution in [0.4, 0.5) is 0 Å². The Balaban J connectivity index is 2.28. The summed E-state index contributed by atoms with van der Waals surface area (Å²) in [6.45, 7) is 0. The molecule has 0 spiro atoms. The molecule has 0 aliphatic heterocycles. The lowest BCUT2D eigenvalue weighted by Gasteiger charge is -1.81. The first-order valence-corrected chi connectivity index (χ1v) is 4.48. The molecule has 1 aliphatic carbocycles. The Morgan fingerprint density at radius 3 is 3.00 bits per heavy atom. The van der Waals surface area contributed by atoms with Crippen LogP contribution in [0.2, 0.25) is 0 Å². The molecule has 1 saturated carbocycles. The predicted molar refractivity (Wildman–Crippen MR) is 41.5 cm³/mol. The fraction of sp³-hybridized carbons (Fsp3) is 0.333. The highest BCUT2D eigenvalue weighted by Gasteiger charge is 2.25. The largest absolute Gasteiger partial charge is 0.234 e. The molecule has 47 valence electrons. The number of hydrogen-bond acceptors (Lipinski definition) is 2. The van der Waals surface area contributed by atoms with Crippen LogP contribution >= 0.6 is 27.3 Å². The fourth-order valence-corrected chi connectivity index (χ4v) is 1.83. The van der Waals surface area contributed by atoms with Gasteiger partial charge in [-0.1, -0.05) is 0 Å². The Hall–Kier alpha value is 0.110. The van der Waals surface area contributed by atoms with E-state index in [0.717, 1.165) is 3.92 Å². The molecule has 0 N–H and O–H groups in total. The molecule has 0 amide bonds. The Bertz CT molecular complexity index is 217. The van der Waals surface area contributed by atoms with Gasteiger partial charge in [0.2, 0.25) is 0 Å². The molecule has 1 heterocycles. The Kier molecular flexibility index (Phi) is 1.34. The maximum absolute atomic E-state index is 4.28. The Morgan fingerprint density at radius 1 is 1.78 bits per heavy atom. The van der Waals surface area contributed by atoms with Gasteiger partial charge in [0.25, 0.3) is 0 Å². The molecular formula is C6H5BrNS. The first-order chi connectivity index (χ1) is 4.36. The molecule has 2 rings (SSSR count). The van der Waals surface area contributed by atoms with Crippen LogP contribution in [-0.2, 0) is 0 Å². The van der Waals surface area contributed by atoms with Gasteiger partial charge in [-0.05, 0) is 28.8 Å². The van der Waals surface area contributed by atoms with Gasteiger partial charge in [-0.15, -0.1) is 11.3 Å². The summed E-state index contributed by atoms with van der Waals surface area (Å²) in [5, 5.41) is 2.11. The van der Waals surface area contributed by atoms with Crippen LogP contribution in [0.1, 0.15) is 18.0 Å². The lowest BCUT2D eigenvalue weighted by molar-refractivity contribution is 1.07. The minimum absolute atomic E-state index is 0.674. The van der Waals surface area contributed by atoms with Gasteiger partial charge in [-0.25, -0.2) is 4.98 Å². The van der Waals surface area contributed by atoms with Gasteiger partial charge < -0.3 is 0 Å². The maximum atomic E-state index is 4.28. The molecular weight excluding hydrogens is 198 g/mol. The number of halogens is 1. The van der Waals surface area contributed by atoms with Crippen molar-refractivity contribution >= 4 is 27.3 Å². The molecule has 1 nitrogen and oxygen atoms in total. The van der Waals surface area contributed by atoms with Gasteiger partial charge in [0.15, 0.2) is 3.92 Å². The normalized spacial score (nSPS) is 18.3. The van der Waals surface area contributed by atoms with Crippen molar-refractivity contribution in [3.05, 3.63) is 21.4 Å². The van der Waals surface area contributed by atoms with Crippen molar-refractivity contribution in [2.24, 2.45) is 0 Å². The van der Waals surface area contributed by atoms with E-state index in [1.54, 1.807) is 11.3 Å². The van der Waals surface area contributed by atoms with Crippen molar-refractivity contribution < 1.29 is 0 Å². The topological polar surface area (TPSA) is 12.9 Å². The van der Waals surface area contributed by atoms with E-state index in [1.807, 2.05) is 0 Å². The number of aromatic nitrogens is 1. The molecule has 0 aromatic carbocycles. The summed E-state index contributed by atoms with van der Waals surface area (Å²) in [6, 6.07) is 0. The van der Waals surface area contributed by atoms with Crippen LogP contribution < -0.4 is 0 Å². The molecule has 1 unspecified atom stereocenters. The van der Waals surface area contributed by atoms with E-state index in [2.05, 4.69) is 32.7 Å². The van der Waals surface area contributed by atoms with E-state index in [0.29, 0.717) is 5.92 Å². The van der Waals surface area contributed by atoms with Crippen molar-refractivity contribution in [3.63, 3.8) is 0 Å². The monoisotopic (exact) mass is 202 g/mol. The van der Waals surface area contributed by atoms with Crippen LogP contribution in [0.25, 0.3) is 0 Å². The standard InChI is InChI=1S/C6H5BrNS/c7-6-8-5(3-9-6)4-1-2-4/h1,3-4H,2H2. The van der Waals surface area contributed by atoms with E-state index >= 15 is 0 Å². The van der Waals surface area contributed by atoms with Crippen molar-refractivity contribution in [1.29, 1.82) is 0 Å². The van der Waals surface area contributed by atoms with Gasteiger partial charge >= 0.3 is 0 Å². The molecule has 1 aliphatic rings. The minimum atomic E-state index is 0.674. The van der Waals surface area contributed by atoms with Crippen LogP contribution in [0.5, 0.6) is 0 Å². The Labute approximate surface area is 66.2 Å². The number of rotatable bonds is 1. The first-order valence-electron chi connectivity index (χ1n) is 2.80. The zero-order valence-electron chi connectivity index (χ0n) is 4.67. The average molecular weight is 203 g/mol. The van der Waals surface area contributed by atoms with Crippen LogP contribution in [0, 0.1) is 6.42 Å². The second-order valence-corrected chi connectivity index (χ2v) is 4.24. The third-order valence-electron chi connectivity index (χ3n) is 1.35. The zero-order valence-corrected chi connectivity index (χ0v) is 7.08. The summed E-state index contributed by atoms with van der Waals surface area (Å²) in [5.41, 5.74) is 1.23. The maximum Gasteiger partial charge on any atom is 0.159 e. The molecule has 0 bridgehead atoms. The van der Waals surface area contributed by atoms with Crippen molar-refractivity contribution in [1.82, 2.24) is 4.98 Å². The zero-order chi connectivity index (χ0) is 6.27. The number of thiazole rings is 1. The van der Waals surface area contributed by atoms with Crippen molar-refractivity contribution in [2.45, 2.75) is 12.3 Å². The number of hydrogen-bond donors (Lipinski definition) is 0. The SMILES string of the molecule is Brc1nc(C2[CH]C2)cs1. The Morgan fingerprint density at radius 2 is 2.56 bits per heavy atom. The van der Waals surface area contributed by atoms with E-state index < -0.39 is 0 Å². The molecule has 1 aromatic rings. The third-order valence-corrected chi connectivity index (χ3v) is 2.73. The summed E-state index contributed by atoms with van der Waals surface area (Å²) in [6.07, 6.45) is 3.48. The smallest absolute Gasteiger partial charge is 0.159 e. The second kappa shape index (κ2) is 2.06. The predicted octanol–water partition coefficient (Wildman–Crippen LogP) is 2.60. The van der Waals surface area contributed by atoms with E-state index in [1.165, 1.54) is 12.1 Å². The summed E-state index contributed by atoms with van der Waals surface area (Å²) < 4.78 is 0.998. The third kappa shape index (κ3) is 1.17. The molecule has 1 atom stereocenters. The molecule has 1 fully saturated rings. The van der Waals surface area contributed by atoms with Crippen molar-refractivity contribution in [3.8, 4) is 0 Å². The summed E-state index contributed by atoms with van der Waals surface area (Å²) >= 11 is 4.98. The van der Waals surface area contributed by atoms with Gasteiger partial charge in [-0.2, -0.15) is 0 Å². The number of nitrogens with zero attached hydrogens (tertiary/aromatic N) is 1. The van der Waals surface area contributed by atoms with Crippen LogP contribution in [-0.4, -0.2) is 4.98 Å². The lowest BCUT2D eigenvalue weighted by atomic mass is 10.3. The second-order valence-electron chi connectivity index (χ2n) is 2.10. The fourth-order valence-electron chi connectivity index (χ4n) is 0.743. The molecule has 3 heteroatoms. The summed E-state index contributed by atoms with van der Waals surface area (Å²) in [7, 11) is 0. The van der Waals surface area contributed by atoms with E-state index in [-0.39, 0.29) is 0 Å². The lowest BCUT2D eigenvalue weighted by Crippen LogP contribution is -1.74. The average Bonchev–Trinajstić information content (AvgIpc) is 2.58. The first kappa shape index (κ1) is 5.86. The molecule has 9 heavy (non-hydrogen) atoms. The molecule has 1 aromatic heterocycles. The van der Waals surface area contributed by atoms with Gasteiger partial charge in [0.05, 0.1) is 5.69 Å². The van der Waals surface area contributed by atoms with Crippen molar-refractivity contribution in [2.75, 3.05) is 0 Å².